The first-order valence-corrected chi connectivity index (χ1v) is 9.93. The largest absolute Gasteiger partial charge is 0.356 e. The van der Waals surface area contributed by atoms with E-state index in [1.54, 1.807) is 25.4 Å². The van der Waals surface area contributed by atoms with Gasteiger partial charge in [0, 0.05) is 37.9 Å². The summed E-state index contributed by atoms with van der Waals surface area (Å²) in [7, 11) is 1.77. The van der Waals surface area contributed by atoms with Crippen molar-refractivity contribution in [1.82, 2.24) is 20.4 Å². The number of aliphatic imine (C=N–C) groups is 1. The molecule has 6 heteroatoms. The van der Waals surface area contributed by atoms with Crippen LogP contribution in [0.2, 0.25) is 0 Å². The van der Waals surface area contributed by atoms with Crippen molar-refractivity contribution >= 4 is 5.96 Å². The number of aromatic nitrogens is 2. The molecule has 1 saturated carbocycles. The average molecular weight is 391 g/mol. The van der Waals surface area contributed by atoms with E-state index in [-0.39, 0.29) is 11.2 Å². The van der Waals surface area contributed by atoms with Gasteiger partial charge in [-0.3, -0.25) is 9.67 Å². The molecule has 4 rings (SSSR count). The van der Waals surface area contributed by atoms with Crippen molar-refractivity contribution in [3.63, 3.8) is 0 Å². The lowest BCUT2D eigenvalue weighted by Gasteiger charge is -2.19. The first kappa shape index (κ1) is 19.2. The predicted molar refractivity (Wildman–Crippen MR) is 113 cm³/mol. The van der Waals surface area contributed by atoms with Gasteiger partial charge in [0.25, 0.3) is 0 Å². The Balaban J connectivity index is 1.36. The molecule has 2 N–H and O–H groups in total. The van der Waals surface area contributed by atoms with Crippen LogP contribution in [0.3, 0.4) is 0 Å². The molecule has 0 aliphatic heterocycles. The molecule has 0 atom stereocenters. The Bertz CT molecular complexity index is 976. The van der Waals surface area contributed by atoms with Gasteiger partial charge in [0.05, 0.1) is 6.54 Å². The Morgan fingerprint density at radius 2 is 1.93 bits per heavy atom. The number of nitrogens with one attached hydrogen (secondary N) is 2. The van der Waals surface area contributed by atoms with Crippen LogP contribution in [-0.2, 0) is 18.5 Å². The Kier molecular flexibility index (Phi) is 5.60. The molecule has 0 amide bonds. The normalized spacial score (nSPS) is 15.2. The topological polar surface area (TPSA) is 54.2 Å². The van der Waals surface area contributed by atoms with Crippen molar-refractivity contribution in [3.05, 3.63) is 89.5 Å². The van der Waals surface area contributed by atoms with Gasteiger partial charge in [-0.1, -0.05) is 36.4 Å². The molecule has 2 aromatic carbocycles. The second-order valence-corrected chi connectivity index (χ2v) is 7.54. The van der Waals surface area contributed by atoms with E-state index < -0.39 is 0 Å². The van der Waals surface area contributed by atoms with Gasteiger partial charge in [-0.2, -0.15) is 5.10 Å². The molecule has 0 saturated heterocycles. The van der Waals surface area contributed by atoms with Crippen LogP contribution in [0.25, 0.3) is 0 Å². The third-order valence-corrected chi connectivity index (χ3v) is 5.56. The monoisotopic (exact) mass is 391 g/mol. The lowest BCUT2D eigenvalue weighted by atomic mass is 9.96. The van der Waals surface area contributed by atoms with E-state index in [0.29, 0.717) is 6.54 Å². The molecule has 0 bridgehead atoms. The van der Waals surface area contributed by atoms with E-state index in [0.717, 1.165) is 37.5 Å². The summed E-state index contributed by atoms with van der Waals surface area (Å²) in [4.78, 5) is 4.35. The minimum absolute atomic E-state index is 0.0116. The number of hydrogen-bond acceptors (Lipinski definition) is 2. The lowest BCUT2D eigenvalue weighted by Crippen LogP contribution is -2.41. The Labute approximate surface area is 170 Å². The minimum Gasteiger partial charge on any atom is -0.356 e. The van der Waals surface area contributed by atoms with Crippen LogP contribution in [0.15, 0.2) is 72.0 Å². The van der Waals surface area contributed by atoms with Crippen molar-refractivity contribution in [2.75, 3.05) is 13.6 Å². The summed E-state index contributed by atoms with van der Waals surface area (Å²) in [5, 5.41) is 11.1. The molecule has 29 heavy (non-hydrogen) atoms. The Hall–Kier alpha value is -3.15. The van der Waals surface area contributed by atoms with E-state index >= 15 is 0 Å². The summed E-state index contributed by atoms with van der Waals surface area (Å²) in [6.07, 6.45) is 5.88. The second kappa shape index (κ2) is 8.47. The van der Waals surface area contributed by atoms with Gasteiger partial charge in [-0.05, 0) is 47.7 Å². The highest BCUT2D eigenvalue weighted by Crippen LogP contribution is 2.47. The van der Waals surface area contributed by atoms with E-state index in [4.69, 9.17) is 0 Å². The molecule has 1 aromatic heterocycles. The van der Waals surface area contributed by atoms with Gasteiger partial charge in [0.15, 0.2) is 5.96 Å². The number of hydrogen-bond donors (Lipinski definition) is 2. The number of benzene rings is 2. The fraction of sp³-hybridized carbons (Fsp3) is 0.304. The van der Waals surface area contributed by atoms with Crippen molar-refractivity contribution in [2.45, 2.75) is 31.3 Å². The maximum absolute atomic E-state index is 13.6. The van der Waals surface area contributed by atoms with E-state index in [1.807, 2.05) is 35.1 Å². The highest BCUT2D eigenvalue weighted by atomic mass is 19.1. The van der Waals surface area contributed by atoms with Crippen LogP contribution in [0, 0.1) is 5.82 Å². The zero-order valence-corrected chi connectivity index (χ0v) is 16.6. The summed E-state index contributed by atoms with van der Waals surface area (Å²) in [5.41, 5.74) is 3.50. The first-order chi connectivity index (χ1) is 14.2. The maximum Gasteiger partial charge on any atom is 0.191 e. The molecule has 1 fully saturated rings. The van der Waals surface area contributed by atoms with Gasteiger partial charge >= 0.3 is 0 Å². The molecule has 5 nitrogen and oxygen atoms in total. The highest BCUT2D eigenvalue weighted by Gasteiger charge is 2.44. The highest BCUT2D eigenvalue weighted by molar-refractivity contribution is 5.79. The van der Waals surface area contributed by atoms with Gasteiger partial charge in [0.2, 0.25) is 0 Å². The van der Waals surface area contributed by atoms with Crippen molar-refractivity contribution in [3.8, 4) is 0 Å². The molecule has 0 spiro atoms. The van der Waals surface area contributed by atoms with E-state index in [1.165, 1.54) is 17.2 Å². The predicted octanol–water partition coefficient (Wildman–Crippen LogP) is 3.47. The molecule has 3 aromatic rings. The quantitative estimate of drug-likeness (QED) is 0.479. The third kappa shape index (κ3) is 4.65. The molecular weight excluding hydrogens is 365 g/mol. The standard InChI is InChI=1S/C23H26FN5/c1-25-22(27-17-23(10-11-23)20-8-4-9-21(24)14-20)26-15-18-6-2-3-7-19(18)16-29-13-5-12-28-29/h2-9,12-14H,10-11,15-17H2,1H3,(H2,25,26,27). The lowest BCUT2D eigenvalue weighted by molar-refractivity contribution is 0.607. The molecule has 0 unspecified atom stereocenters. The van der Waals surface area contributed by atoms with Crippen LogP contribution < -0.4 is 10.6 Å². The maximum atomic E-state index is 13.6. The fourth-order valence-corrected chi connectivity index (χ4v) is 3.64. The van der Waals surface area contributed by atoms with Crippen LogP contribution in [-0.4, -0.2) is 29.3 Å². The molecular formula is C23H26FN5. The van der Waals surface area contributed by atoms with Crippen molar-refractivity contribution in [2.24, 2.45) is 4.99 Å². The molecule has 0 radical (unpaired) electrons. The zero-order valence-electron chi connectivity index (χ0n) is 16.6. The molecule has 1 aliphatic carbocycles. The zero-order chi connectivity index (χ0) is 20.1. The Morgan fingerprint density at radius 3 is 2.62 bits per heavy atom. The van der Waals surface area contributed by atoms with Gasteiger partial charge in [-0.15, -0.1) is 0 Å². The molecule has 1 heterocycles. The number of rotatable bonds is 7. The number of nitrogens with zero attached hydrogens (tertiary/aromatic N) is 3. The van der Waals surface area contributed by atoms with Crippen molar-refractivity contribution < 1.29 is 4.39 Å². The fourth-order valence-electron chi connectivity index (χ4n) is 3.64. The summed E-state index contributed by atoms with van der Waals surface area (Å²) in [5.74, 6) is 0.576. The number of halogens is 1. The number of guanidine groups is 1. The molecule has 150 valence electrons. The third-order valence-electron chi connectivity index (χ3n) is 5.56. The average Bonchev–Trinajstić information content (AvgIpc) is 3.36. The Morgan fingerprint density at radius 1 is 1.10 bits per heavy atom. The summed E-state index contributed by atoms with van der Waals surface area (Å²) in [6.45, 7) is 2.15. The van der Waals surface area contributed by atoms with Crippen LogP contribution in [0.1, 0.15) is 29.5 Å². The summed E-state index contributed by atoms with van der Waals surface area (Å²) < 4.78 is 15.5. The van der Waals surface area contributed by atoms with Gasteiger partial charge in [-0.25, -0.2) is 4.39 Å². The van der Waals surface area contributed by atoms with Crippen molar-refractivity contribution in [1.29, 1.82) is 0 Å². The second-order valence-electron chi connectivity index (χ2n) is 7.54. The SMILES string of the molecule is CN=C(NCc1ccccc1Cn1cccn1)NCC1(c2cccc(F)c2)CC1. The first-order valence-electron chi connectivity index (χ1n) is 9.93. The van der Waals surface area contributed by atoms with Gasteiger partial charge < -0.3 is 10.6 Å². The van der Waals surface area contributed by atoms with Crippen LogP contribution >= 0.6 is 0 Å². The van der Waals surface area contributed by atoms with Gasteiger partial charge in [0.1, 0.15) is 5.82 Å². The van der Waals surface area contributed by atoms with E-state index in [9.17, 15) is 4.39 Å². The van der Waals surface area contributed by atoms with Crippen LogP contribution in [0.4, 0.5) is 4.39 Å². The smallest absolute Gasteiger partial charge is 0.191 e. The minimum atomic E-state index is -0.176. The molecule has 1 aliphatic rings. The van der Waals surface area contributed by atoms with E-state index in [2.05, 4.69) is 32.9 Å². The summed E-state index contributed by atoms with van der Waals surface area (Å²) >= 11 is 0. The van der Waals surface area contributed by atoms with Crippen LogP contribution in [0.5, 0.6) is 0 Å². The summed E-state index contributed by atoms with van der Waals surface area (Å²) in [6, 6.07) is 17.2.